The van der Waals surface area contributed by atoms with E-state index in [1.165, 1.54) is 13.2 Å². The van der Waals surface area contributed by atoms with E-state index >= 15 is 0 Å². The third-order valence-electron chi connectivity index (χ3n) is 2.41. The predicted octanol–water partition coefficient (Wildman–Crippen LogP) is 1.93. The number of phenols is 1. The Bertz CT molecular complexity index is 412. The number of ether oxygens (including phenoxy) is 2. The Kier molecular flexibility index (Phi) is 7.28. The van der Waals surface area contributed by atoms with Gasteiger partial charge in [0.05, 0.1) is 13.7 Å². The van der Waals surface area contributed by atoms with Crippen molar-refractivity contribution in [2.45, 2.75) is 6.42 Å². The monoisotopic (exact) mass is 331 g/mol. The lowest BCUT2D eigenvalue weighted by atomic mass is 10.2. The molecule has 1 amide bonds. The van der Waals surface area contributed by atoms with Crippen molar-refractivity contribution in [1.29, 1.82) is 0 Å². The molecule has 19 heavy (non-hydrogen) atoms. The van der Waals surface area contributed by atoms with E-state index in [9.17, 15) is 9.90 Å². The van der Waals surface area contributed by atoms with Crippen LogP contribution in [0.2, 0.25) is 0 Å². The summed E-state index contributed by atoms with van der Waals surface area (Å²) in [7, 11) is 1.46. The van der Waals surface area contributed by atoms with Gasteiger partial charge in [-0.15, -0.1) is 0 Å². The standard InChI is InChI=1S/C13H18BrNO4/c1-18-12-4-3-10(9-11(12)16)13(17)15-6-2-7-19-8-5-14/h3-4,9,16H,2,5-8H2,1H3,(H,15,17). The van der Waals surface area contributed by atoms with Crippen LogP contribution in [-0.4, -0.2) is 43.2 Å². The summed E-state index contributed by atoms with van der Waals surface area (Å²) < 4.78 is 10.2. The molecule has 1 aromatic carbocycles. The molecule has 0 saturated carbocycles. The fraction of sp³-hybridized carbons (Fsp3) is 0.462. The molecule has 0 bridgehead atoms. The van der Waals surface area contributed by atoms with E-state index in [1.807, 2.05) is 0 Å². The maximum Gasteiger partial charge on any atom is 0.251 e. The van der Waals surface area contributed by atoms with Gasteiger partial charge in [-0.25, -0.2) is 0 Å². The number of rotatable bonds is 8. The van der Waals surface area contributed by atoms with Crippen LogP contribution in [0.4, 0.5) is 0 Å². The van der Waals surface area contributed by atoms with E-state index in [1.54, 1.807) is 12.1 Å². The molecule has 0 aliphatic rings. The number of hydrogen-bond acceptors (Lipinski definition) is 4. The second kappa shape index (κ2) is 8.77. The fourth-order valence-corrected chi connectivity index (χ4v) is 1.69. The maximum atomic E-state index is 11.8. The lowest BCUT2D eigenvalue weighted by Crippen LogP contribution is -2.25. The SMILES string of the molecule is COc1ccc(C(=O)NCCCOCCBr)cc1O. The van der Waals surface area contributed by atoms with Crippen molar-refractivity contribution in [1.82, 2.24) is 5.32 Å². The third-order valence-corrected chi connectivity index (χ3v) is 2.74. The first-order valence-corrected chi connectivity index (χ1v) is 7.10. The second-order valence-electron chi connectivity index (χ2n) is 3.80. The van der Waals surface area contributed by atoms with Crippen molar-refractivity contribution in [2.75, 3.05) is 32.2 Å². The lowest BCUT2D eigenvalue weighted by Gasteiger charge is -2.07. The Balaban J connectivity index is 2.35. The third kappa shape index (κ3) is 5.48. The molecule has 0 fully saturated rings. The summed E-state index contributed by atoms with van der Waals surface area (Å²) in [4.78, 5) is 11.8. The first-order chi connectivity index (χ1) is 9.19. The molecular weight excluding hydrogens is 314 g/mol. The highest BCUT2D eigenvalue weighted by Crippen LogP contribution is 2.25. The summed E-state index contributed by atoms with van der Waals surface area (Å²) in [6.45, 7) is 1.81. The fourth-order valence-electron chi connectivity index (χ4n) is 1.47. The van der Waals surface area contributed by atoms with E-state index in [4.69, 9.17) is 9.47 Å². The summed E-state index contributed by atoms with van der Waals surface area (Å²) in [6, 6.07) is 4.55. The highest BCUT2D eigenvalue weighted by atomic mass is 79.9. The van der Waals surface area contributed by atoms with Crippen LogP contribution in [0.15, 0.2) is 18.2 Å². The van der Waals surface area contributed by atoms with Gasteiger partial charge in [-0.3, -0.25) is 4.79 Å². The molecule has 106 valence electrons. The van der Waals surface area contributed by atoms with Gasteiger partial charge in [0.15, 0.2) is 11.5 Å². The molecule has 5 nitrogen and oxygen atoms in total. The van der Waals surface area contributed by atoms with Crippen LogP contribution in [0, 0.1) is 0 Å². The zero-order chi connectivity index (χ0) is 14.1. The first-order valence-electron chi connectivity index (χ1n) is 5.98. The summed E-state index contributed by atoms with van der Waals surface area (Å²) in [5.41, 5.74) is 0.402. The van der Waals surface area contributed by atoms with Crippen LogP contribution in [-0.2, 0) is 4.74 Å². The molecule has 1 aromatic rings. The second-order valence-corrected chi connectivity index (χ2v) is 4.59. The molecule has 1 rings (SSSR count). The number of carbonyl (C=O) groups excluding carboxylic acids is 1. The van der Waals surface area contributed by atoms with Crippen LogP contribution >= 0.6 is 15.9 Å². The van der Waals surface area contributed by atoms with Crippen molar-refractivity contribution in [3.05, 3.63) is 23.8 Å². The molecular formula is C13H18BrNO4. The number of aromatic hydroxyl groups is 1. The number of halogens is 1. The number of alkyl halides is 1. The average Bonchev–Trinajstić information content (AvgIpc) is 2.42. The van der Waals surface area contributed by atoms with E-state index in [0.29, 0.717) is 31.1 Å². The predicted molar refractivity (Wildman–Crippen MR) is 76.2 cm³/mol. The number of phenolic OH excluding ortho intramolecular Hbond substituents is 1. The quantitative estimate of drug-likeness (QED) is 0.564. The van der Waals surface area contributed by atoms with Crippen molar-refractivity contribution in [3.63, 3.8) is 0 Å². The van der Waals surface area contributed by atoms with Gasteiger partial charge in [0.2, 0.25) is 0 Å². The normalized spacial score (nSPS) is 10.2. The Morgan fingerprint density at radius 3 is 2.84 bits per heavy atom. The van der Waals surface area contributed by atoms with Crippen LogP contribution in [0.3, 0.4) is 0 Å². The molecule has 6 heteroatoms. The van der Waals surface area contributed by atoms with E-state index in [0.717, 1.165) is 11.8 Å². The van der Waals surface area contributed by atoms with Gasteiger partial charge in [-0.1, -0.05) is 15.9 Å². The average molecular weight is 332 g/mol. The number of benzene rings is 1. The molecule has 0 spiro atoms. The number of methoxy groups -OCH3 is 1. The van der Waals surface area contributed by atoms with Crippen molar-refractivity contribution in [2.24, 2.45) is 0 Å². The minimum absolute atomic E-state index is 0.0456. The van der Waals surface area contributed by atoms with Gasteiger partial charge in [0, 0.05) is 24.0 Å². The van der Waals surface area contributed by atoms with Crippen LogP contribution in [0.25, 0.3) is 0 Å². The minimum Gasteiger partial charge on any atom is -0.504 e. The lowest BCUT2D eigenvalue weighted by molar-refractivity contribution is 0.0944. The van der Waals surface area contributed by atoms with Crippen molar-refractivity contribution < 1.29 is 19.4 Å². The molecule has 0 atom stereocenters. The van der Waals surface area contributed by atoms with Gasteiger partial charge in [-0.05, 0) is 24.6 Å². The number of carbonyl (C=O) groups is 1. The Morgan fingerprint density at radius 2 is 2.21 bits per heavy atom. The Labute approximate surface area is 121 Å². The summed E-state index contributed by atoms with van der Waals surface area (Å²) in [6.07, 6.45) is 0.751. The topological polar surface area (TPSA) is 67.8 Å². The molecule has 0 unspecified atom stereocenters. The summed E-state index contributed by atoms with van der Waals surface area (Å²) in [5.74, 6) is 0.0778. The van der Waals surface area contributed by atoms with Crippen LogP contribution < -0.4 is 10.1 Å². The largest absolute Gasteiger partial charge is 0.504 e. The minimum atomic E-state index is -0.224. The number of hydrogen-bond donors (Lipinski definition) is 2. The van der Waals surface area contributed by atoms with Gasteiger partial charge < -0.3 is 19.9 Å². The van der Waals surface area contributed by atoms with Crippen molar-refractivity contribution >= 4 is 21.8 Å². The highest BCUT2D eigenvalue weighted by Gasteiger charge is 2.08. The van der Waals surface area contributed by atoms with E-state index in [-0.39, 0.29) is 11.7 Å². The molecule has 0 heterocycles. The maximum absolute atomic E-state index is 11.8. The zero-order valence-corrected chi connectivity index (χ0v) is 12.4. The van der Waals surface area contributed by atoms with Gasteiger partial charge >= 0.3 is 0 Å². The van der Waals surface area contributed by atoms with Crippen molar-refractivity contribution in [3.8, 4) is 11.5 Å². The van der Waals surface area contributed by atoms with Gasteiger partial charge in [-0.2, -0.15) is 0 Å². The Morgan fingerprint density at radius 1 is 1.42 bits per heavy atom. The number of amides is 1. The first kappa shape index (κ1) is 15.8. The highest BCUT2D eigenvalue weighted by molar-refractivity contribution is 9.09. The van der Waals surface area contributed by atoms with E-state index in [2.05, 4.69) is 21.2 Å². The van der Waals surface area contributed by atoms with Gasteiger partial charge in [0.1, 0.15) is 0 Å². The molecule has 0 aliphatic carbocycles. The molecule has 0 radical (unpaired) electrons. The number of nitrogens with one attached hydrogen (secondary N) is 1. The molecule has 0 saturated heterocycles. The molecule has 0 aliphatic heterocycles. The van der Waals surface area contributed by atoms with Crippen LogP contribution in [0.1, 0.15) is 16.8 Å². The zero-order valence-electron chi connectivity index (χ0n) is 10.8. The molecule has 0 aromatic heterocycles. The Hall–Kier alpha value is -1.27. The smallest absolute Gasteiger partial charge is 0.251 e. The van der Waals surface area contributed by atoms with Gasteiger partial charge in [0.25, 0.3) is 5.91 Å². The van der Waals surface area contributed by atoms with E-state index < -0.39 is 0 Å². The molecule has 2 N–H and O–H groups in total. The van der Waals surface area contributed by atoms with Crippen LogP contribution in [0.5, 0.6) is 11.5 Å². The summed E-state index contributed by atoms with van der Waals surface area (Å²) >= 11 is 3.26. The summed E-state index contributed by atoms with van der Waals surface area (Å²) in [5, 5.41) is 13.1.